The first-order valence-electron chi connectivity index (χ1n) is 24.5. The molecule has 4 saturated carbocycles. The van der Waals surface area contributed by atoms with E-state index in [4.69, 9.17) is 33.2 Å². The van der Waals surface area contributed by atoms with Crippen LogP contribution in [0, 0.1) is 50.2 Å². The number of ether oxygens (including phenoxy) is 7. The van der Waals surface area contributed by atoms with Gasteiger partial charge in [-0.1, -0.05) is 39.3 Å². The minimum absolute atomic E-state index is 0.0585. The lowest BCUT2D eigenvalue weighted by Crippen LogP contribution is -2.67. The molecule has 3 heterocycles. The molecule has 11 N–H and O–H groups in total. The Morgan fingerprint density at radius 3 is 1.88 bits per heavy atom. The van der Waals surface area contributed by atoms with Crippen LogP contribution in [-0.4, -0.2) is 194 Å². The van der Waals surface area contributed by atoms with Crippen molar-refractivity contribution in [1.29, 1.82) is 0 Å². The van der Waals surface area contributed by atoms with Crippen molar-refractivity contribution >= 4 is 11.9 Å². The Labute approximate surface area is 396 Å². The van der Waals surface area contributed by atoms with Gasteiger partial charge in [0.05, 0.1) is 50.5 Å². The minimum Gasteiger partial charge on any atom is -0.469 e. The summed E-state index contributed by atoms with van der Waals surface area (Å²) >= 11 is 0. The molecule has 5 aliphatic carbocycles. The van der Waals surface area contributed by atoms with Gasteiger partial charge in [-0.05, 0) is 105 Å². The highest BCUT2D eigenvalue weighted by Crippen LogP contribution is 2.76. The lowest BCUT2D eigenvalue weighted by Gasteiger charge is -2.71. The molecule has 68 heavy (non-hydrogen) atoms. The maximum atomic E-state index is 14.8. The van der Waals surface area contributed by atoms with Gasteiger partial charge in [0.2, 0.25) is 6.29 Å². The number of hydrogen-bond acceptors (Lipinski definition) is 20. The molecule has 24 atom stereocenters. The minimum atomic E-state index is -1.77. The fourth-order valence-electron chi connectivity index (χ4n) is 15.0. The van der Waals surface area contributed by atoms with Crippen LogP contribution >= 0.6 is 0 Å². The number of fused-ring (bicyclic) bond motifs is 7. The summed E-state index contributed by atoms with van der Waals surface area (Å²) in [6.45, 7) is 8.87. The monoisotopic (exact) mass is 972 g/mol. The van der Waals surface area contributed by atoms with E-state index < -0.39 is 139 Å². The van der Waals surface area contributed by atoms with E-state index in [0.29, 0.717) is 51.4 Å². The molecule has 3 saturated heterocycles. The van der Waals surface area contributed by atoms with Crippen LogP contribution in [-0.2, 0) is 42.7 Å². The van der Waals surface area contributed by atoms with E-state index in [-0.39, 0.29) is 48.3 Å². The highest BCUT2D eigenvalue weighted by Gasteiger charge is 2.71. The second-order valence-corrected chi connectivity index (χ2v) is 22.7. The van der Waals surface area contributed by atoms with Crippen molar-refractivity contribution in [2.75, 3.05) is 33.5 Å². The van der Waals surface area contributed by atoms with Crippen molar-refractivity contribution < 1.29 is 98.9 Å². The lowest BCUT2D eigenvalue weighted by atomic mass is 9.33. The summed E-state index contributed by atoms with van der Waals surface area (Å²) in [5.41, 5.74) is -2.89. The van der Waals surface area contributed by atoms with Crippen molar-refractivity contribution in [3.63, 3.8) is 0 Å². The molecule has 0 bridgehead atoms. The van der Waals surface area contributed by atoms with Gasteiger partial charge in [0.1, 0.15) is 67.1 Å². The molecule has 20 heteroatoms. The van der Waals surface area contributed by atoms with Crippen LogP contribution in [0.3, 0.4) is 0 Å². The van der Waals surface area contributed by atoms with Gasteiger partial charge in [-0.3, -0.25) is 9.59 Å². The number of rotatable bonds is 10. The van der Waals surface area contributed by atoms with E-state index in [1.807, 2.05) is 13.8 Å². The van der Waals surface area contributed by atoms with E-state index in [2.05, 4.69) is 26.8 Å². The number of hydrogen-bond donors (Lipinski definition) is 11. The van der Waals surface area contributed by atoms with Crippen molar-refractivity contribution in [1.82, 2.24) is 0 Å². The van der Waals surface area contributed by atoms with Crippen LogP contribution < -0.4 is 0 Å². The zero-order valence-corrected chi connectivity index (χ0v) is 40.0. The maximum Gasteiger partial charge on any atom is 0.315 e. The smallest absolute Gasteiger partial charge is 0.315 e. The predicted molar refractivity (Wildman–Crippen MR) is 232 cm³/mol. The molecule has 20 nitrogen and oxygen atoms in total. The highest BCUT2D eigenvalue weighted by molar-refractivity contribution is 5.81. The first-order valence-corrected chi connectivity index (χ1v) is 24.5. The maximum absolute atomic E-state index is 14.8. The average Bonchev–Trinajstić information content (AvgIpc) is 3.32. The average molecular weight is 973 g/mol. The predicted octanol–water partition coefficient (Wildman–Crippen LogP) is -1.09. The van der Waals surface area contributed by atoms with Gasteiger partial charge in [0.15, 0.2) is 12.6 Å². The fourth-order valence-corrected chi connectivity index (χ4v) is 15.0. The van der Waals surface area contributed by atoms with Crippen molar-refractivity contribution in [3.05, 3.63) is 11.6 Å². The van der Waals surface area contributed by atoms with E-state index in [0.717, 1.165) is 12.0 Å². The van der Waals surface area contributed by atoms with E-state index in [1.54, 1.807) is 0 Å². The van der Waals surface area contributed by atoms with Gasteiger partial charge >= 0.3 is 11.9 Å². The normalized spacial score (nSPS) is 53.7. The zero-order valence-electron chi connectivity index (χ0n) is 40.0. The summed E-state index contributed by atoms with van der Waals surface area (Å²) in [6.07, 6.45) is -14.8. The third kappa shape index (κ3) is 7.94. The van der Waals surface area contributed by atoms with Crippen LogP contribution in [0.5, 0.6) is 0 Å². The highest BCUT2D eigenvalue weighted by atomic mass is 16.7. The molecule has 388 valence electrons. The molecule has 0 aromatic heterocycles. The molecule has 0 spiro atoms. The van der Waals surface area contributed by atoms with Gasteiger partial charge in [0, 0.05) is 5.41 Å². The zero-order chi connectivity index (χ0) is 49.7. The first-order chi connectivity index (χ1) is 31.9. The summed E-state index contributed by atoms with van der Waals surface area (Å²) in [7, 11) is 1.35. The quantitative estimate of drug-likeness (QED) is 0.0704. The van der Waals surface area contributed by atoms with Crippen LogP contribution in [0.1, 0.15) is 98.8 Å². The second-order valence-electron chi connectivity index (χ2n) is 22.7. The van der Waals surface area contributed by atoms with Crippen LogP contribution in [0.15, 0.2) is 11.6 Å². The molecule has 7 fully saturated rings. The molecular formula is C48H76O20. The lowest BCUT2D eigenvalue weighted by molar-refractivity contribution is -0.352. The summed E-state index contributed by atoms with van der Waals surface area (Å²) in [6, 6.07) is 0. The molecule has 8 rings (SSSR count). The molecule has 0 aromatic rings. The Hall–Kier alpha value is -1.96. The number of aliphatic hydroxyl groups is 11. The summed E-state index contributed by atoms with van der Waals surface area (Å²) in [4.78, 5) is 28.3. The van der Waals surface area contributed by atoms with Crippen molar-refractivity contribution in [3.8, 4) is 0 Å². The molecule has 2 unspecified atom stereocenters. The number of carbonyl (C=O) groups excluding carboxylic acids is 2. The van der Waals surface area contributed by atoms with Gasteiger partial charge in [-0.25, -0.2) is 0 Å². The van der Waals surface area contributed by atoms with Crippen LogP contribution in [0.25, 0.3) is 0 Å². The number of carbonyl (C=O) groups is 2. The largest absolute Gasteiger partial charge is 0.469 e. The number of allylic oxidation sites excluding steroid dienone is 2. The molecule has 3 aliphatic heterocycles. The van der Waals surface area contributed by atoms with Gasteiger partial charge in [-0.15, -0.1) is 0 Å². The number of methoxy groups -OCH3 is 1. The molecule has 0 aromatic carbocycles. The first kappa shape index (κ1) is 52.4. The third-order valence-corrected chi connectivity index (χ3v) is 19.5. The number of aliphatic hydroxyl groups excluding tert-OH is 11. The van der Waals surface area contributed by atoms with Crippen molar-refractivity contribution in [2.45, 2.75) is 191 Å². The molecule has 0 radical (unpaired) electrons. The van der Waals surface area contributed by atoms with Gasteiger partial charge < -0.3 is 89.3 Å². The Balaban J connectivity index is 1.02. The molecule has 8 aliphatic rings. The fraction of sp³-hybridized carbons (Fsp3) is 0.917. The van der Waals surface area contributed by atoms with Crippen molar-refractivity contribution in [2.24, 2.45) is 50.2 Å². The Kier molecular flexibility index (Phi) is 14.5. The summed E-state index contributed by atoms with van der Waals surface area (Å²) in [5.74, 6) is -1.43. The van der Waals surface area contributed by atoms with Gasteiger partial charge in [0.25, 0.3) is 0 Å². The Morgan fingerprint density at radius 1 is 0.662 bits per heavy atom. The number of esters is 2. The second kappa shape index (κ2) is 18.8. The van der Waals surface area contributed by atoms with Crippen LogP contribution in [0.2, 0.25) is 0 Å². The summed E-state index contributed by atoms with van der Waals surface area (Å²) < 4.78 is 40.5. The Morgan fingerprint density at radius 2 is 1.26 bits per heavy atom. The topological polar surface area (TPSA) is 321 Å². The van der Waals surface area contributed by atoms with E-state index >= 15 is 0 Å². The van der Waals surface area contributed by atoms with E-state index in [1.165, 1.54) is 7.11 Å². The molecule has 0 amide bonds. The Bertz CT molecular complexity index is 1880. The summed E-state index contributed by atoms with van der Waals surface area (Å²) in [5, 5.41) is 116. The SMILES string of the molecule is COC(=O)[C@@]1(C)CC[C@]2(C(=O)O[C@@H]3O[C@H](CO)[C@@H](O)[C@H](O)[C@H]3O)CC[C@]3(C)C(=CCC4[C@@]5(C)CC[C@H](O[C@@H]6OC[C@@H](O[C@@H]7O[C@H](CO)[C@@H](O)[C@H](O)[C@H]7O)[C@H](O)[C@H]6O)[C@@](C)(CO)C5CC[C@]43C)[C@@H]2C1. The molecular weight excluding hydrogens is 897 g/mol. The van der Waals surface area contributed by atoms with Gasteiger partial charge in [-0.2, -0.15) is 0 Å². The van der Waals surface area contributed by atoms with E-state index in [9.17, 15) is 65.8 Å². The van der Waals surface area contributed by atoms with Crippen LogP contribution in [0.4, 0.5) is 0 Å². The standard InChI is InChI=1S/C48H76O20/c1-43(41(60)62-6)13-15-48(42(61)68-40-37(59)34(56)31(53)25(19-50)65-40)16-14-46(4)22(23(48)17-43)7-8-28-44(2)11-10-29(45(3,21-51)27(44)9-12-47(28,46)5)67-38-35(57)32(54)26(20-63-38)66-39-36(58)33(55)30(52)24(18-49)64-39/h7,23-40,49-59H,8-21H2,1-6H3/t23-,24+,25+,26+,27?,28?,29-,30+,31+,32-,33-,34-,35+,36+,37+,38-,39-,40-,43-,44-,45-,46+,47+,48-/m0/s1. The third-order valence-electron chi connectivity index (χ3n) is 19.5.